The van der Waals surface area contributed by atoms with Gasteiger partial charge in [0.05, 0.1) is 11.9 Å². The molecule has 114 valence electrons. The number of nitrogens with zero attached hydrogens (tertiary/aromatic N) is 2. The van der Waals surface area contributed by atoms with Crippen molar-refractivity contribution in [2.24, 2.45) is 0 Å². The molecular weight excluding hydrogens is 288 g/mol. The fourth-order valence-corrected chi connectivity index (χ4v) is 2.27. The Bertz CT molecular complexity index is 808. The summed E-state index contributed by atoms with van der Waals surface area (Å²) in [5, 5.41) is 0. The molecule has 0 fully saturated rings. The Labute approximate surface area is 134 Å². The molecular formula is C19H16N2O2. The van der Waals surface area contributed by atoms with E-state index in [1.165, 1.54) is 0 Å². The summed E-state index contributed by atoms with van der Waals surface area (Å²) in [7, 11) is 0. The second kappa shape index (κ2) is 6.75. The number of hydrogen-bond acceptors (Lipinski definition) is 3. The Hall–Kier alpha value is -3.14. The fourth-order valence-electron chi connectivity index (χ4n) is 2.27. The minimum absolute atomic E-state index is 0.381. The van der Waals surface area contributed by atoms with Gasteiger partial charge >= 0.3 is 5.97 Å². The number of ether oxygens (including phenoxy) is 1. The van der Waals surface area contributed by atoms with Crippen molar-refractivity contribution in [1.29, 1.82) is 0 Å². The van der Waals surface area contributed by atoms with Gasteiger partial charge in [0, 0.05) is 24.5 Å². The Balaban J connectivity index is 1.80. The second-order valence-electron chi connectivity index (χ2n) is 5.09. The van der Waals surface area contributed by atoms with E-state index in [4.69, 9.17) is 4.74 Å². The van der Waals surface area contributed by atoms with Crippen LogP contribution >= 0.6 is 0 Å². The first kappa shape index (κ1) is 14.8. The summed E-state index contributed by atoms with van der Waals surface area (Å²) >= 11 is 0. The molecule has 0 bridgehead atoms. The summed E-state index contributed by atoms with van der Waals surface area (Å²) in [6.45, 7) is 4.68. The van der Waals surface area contributed by atoms with Crippen LogP contribution in [0.15, 0.2) is 79.9 Å². The van der Waals surface area contributed by atoms with E-state index in [-0.39, 0.29) is 5.97 Å². The highest BCUT2D eigenvalue weighted by Gasteiger charge is 2.13. The van der Waals surface area contributed by atoms with Gasteiger partial charge in [0.2, 0.25) is 0 Å². The molecule has 0 aliphatic heterocycles. The lowest BCUT2D eigenvalue weighted by atomic mass is 10.1. The number of hydrogen-bond donors (Lipinski definition) is 0. The summed E-state index contributed by atoms with van der Waals surface area (Å²) in [6, 6.07) is 16.3. The number of carbonyl (C=O) groups excluding carboxylic acids is 1. The highest BCUT2D eigenvalue weighted by Crippen LogP contribution is 2.26. The molecule has 4 heteroatoms. The molecule has 3 rings (SSSR count). The van der Waals surface area contributed by atoms with Crippen LogP contribution in [0.4, 0.5) is 0 Å². The van der Waals surface area contributed by atoms with Crippen LogP contribution < -0.4 is 4.74 Å². The molecule has 0 saturated heterocycles. The number of benzene rings is 2. The average Bonchev–Trinajstić information content (AvgIpc) is 3.09. The summed E-state index contributed by atoms with van der Waals surface area (Å²) in [6.07, 6.45) is 5.31. The minimum Gasteiger partial charge on any atom is -0.422 e. The zero-order valence-corrected chi connectivity index (χ0v) is 12.6. The molecule has 0 aliphatic rings. The van der Waals surface area contributed by atoms with Gasteiger partial charge in [-0.3, -0.25) is 0 Å². The molecule has 1 heterocycles. The molecule has 0 amide bonds. The van der Waals surface area contributed by atoms with Crippen LogP contribution in [0, 0.1) is 0 Å². The number of aromatic nitrogens is 2. The Morgan fingerprint density at radius 2 is 1.83 bits per heavy atom. The molecule has 0 unspecified atom stereocenters. The van der Waals surface area contributed by atoms with E-state index >= 15 is 0 Å². The highest BCUT2D eigenvalue weighted by molar-refractivity contribution is 5.91. The number of esters is 1. The summed E-state index contributed by atoms with van der Waals surface area (Å²) in [5.74, 6) is 0.125. The molecule has 0 N–H and O–H groups in total. The SMILES string of the molecule is C=C(Cn1ccnc1)c1ccccc1OC(=O)c1ccccc1. The molecule has 1 aromatic heterocycles. The van der Waals surface area contributed by atoms with Crippen LogP contribution in [0.25, 0.3) is 5.57 Å². The standard InChI is InChI=1S/C19H16N2O2/c1-15(13-21-12-11-20-14-21)17-9-5-6-10-18(17)23-19(22)16-7-3-2-4-8-16/h2-12,14H,1,13H2. The van der Waals surface area contributed by atoms with E-state index in [2.05, 4.69) is 11.6 Å². The third-order valence-corrected chi connectivity index (χ3v) is 3.41. The lowest BCUT2D eigenvalue weighted by Crippen LogP contribution is -2.10. The summed E-state index contributed by atoms with van der Waals surface area (Å²) in [5.41, 5.74) is 2.17. The van der Waals surface area contributed by atoms with E-state index in [9.17, 15) is 4.79 Å². The number of para-hydroxylation sites is 1. The third kappa shape index (κ3) is 3.55. The lowest BCUT2D eigenvalue weighted by Gasteiger charge is -2.12. The van der Waals surface area contributed by atoms with Crippen molar-refractivity contribution in [2.45, 2.75) is 6.54 Å². The molecule has 3 aromatic rings. The van der Waals surface area contributed by atoms with E-state index in [1.807, 2.05) is 35.0 Å². The smallest absolute Gasteiger partial charge is 0.343 e. The van der Waals surface area contributed by atoms with E-state index in [1.54, 1.807) is 42.9 Å². The fraction of sp³-hybridized carbons (Fsp3) is 0.0526. The zero-order chi connectivity index (χ0) is 16.1. The first-order valence-electron chi connectivity index (χ1n) is 7.24. The third-order valence-electron chi connectivity index (χ3n) is 3.41. The van der Waals surface area contributed by atoms with Crippen molar-refractivity contribution >= 4 is 11.5 Å². The molecule has 4 nitrogen and oxygen atoms in total. The van der Waals surface area contributed by atoms with Gasteiger partial charge in [0.1, 0.15) is 5.75 Å². The second-order valence-corrected chi connectivity index (χ2v) is 5.09. The van der Waals surface area contributed by atoms with Crippen molar-refractivity contribution in [3.05, 3.63) is 91.0 Å². The van der Waals surface area contributed by atoms with Crippen molar-refractivity contribution in [3.63, 3.8) is 0 Å². The molecule has 0 aliphatic carbocycles. The highest BCUT2D eigenvalue weighted by atomic mass is 16.5. The maximum absolute atomic E-state index is 12.2. The van der Waals surface area contributed by atoms with Gasteiger partial charge in [-0.15, -0.1) is 0 Å². The first-order chi connectivity index (χ1) is 11.2. The Kier molecular flexibility index (Phi) is 4.34. The normalized spacial score (nSPS) is 10.3. The summed E-state index contributed by atoms with van der Waals surface area (Å²) < 4.78 is 7.46. The number of allylic oxidation sites excluding steroid dienone is 1. The molecule has 23 heavy (non-hydrogen) atoms. The van der Waals surface area contributed by atoms with E-state index in [0.717, 1.165) is 11.1 Å². The number of carbonyl (C=O) groups is 1. The quantitative estimate of drug-likeness (QED) is 0.532. The van der Waals surface area contributed by atoms with E-state index in [0.29, 0.717) is 17.9 Å². The van der Waals surface area contributed by atoms with Crippen LogP contribution in [-0.4, -0.2) is 15.5 Å². The van der Waals surface area contributed by atoms with Crippen LogP contribution in [0.3, 0.4) is 0 Å². The Morgan fingerprint density at radius 3 is 2.57 bits per heavy atom. The van der Waals surface area contributed by atoms with Crippen LogP contribution in [0.2, 0.25) is 0 Å². The Morgan fingerprint density at radius 1 is 1.09 bits per heavy atom. The molecule has 0 saturated carbocycles. The topological polar surface area (TPSA) is 44.1 Å². The van der Waals surface area contributed by atoms with Gasteiger partial charge < -0.3 is 9.30 Å². The van der Waals surface area contributed by atoms with Gasteiger partial charge in [0.15, 0.2) is 0 Å². The summed E-state index contributed by atoms with van der Waals surface area (Å²) in [4.78, 5) is 16.3. The van der Waals surface area contributed by atoms with Gasteiger partial charge in [-0.1, -0.05) is 43.0 Å². The van der Waals surface area contributed by atoms with Gasteiger partial charge in [-0.05, 0) is 23.8 Å². The van der Waals surface area contributed by atoms with Gasteiger partial charge in [-0.25, -0.2) is 9.78 Å². The van der Waals surface area contributed by atoms with Crippen molar-refractivity contribution in [3.8, 4) is 5.75 Å². The molecule has 0 spiro atoms. The van der Waals surface area contributed by atoms with E-state index < -0.39 is 0 Å². The predicted molar refractivity (Wildman–Crippen MR) is 89.1 cm³/mol. The number of rotatable bonds is 5. The minimum atomic E-state index is -0.381. The lowest BCUT2D eigenvalue weighted by molar-refractivity contribution is 0.0734. The largest absolute Gasteiger partial charge is 0.422 e. The first-order valence-corrected chi connectivity index (χ1v) is 7.24. The molecule has 0 radical (unpaired) electrons. The van der Waals surface area contributed by atoms with Crippen molar-refractivity contribution in [1.82, 2.24) is 9.55 Å². The van der Waals surface area contributed by atoms with Gasteiger partial charge in [-0.2, -0.15) is 0 Å². The zero-order valence-electron chi connectivity index (χ0n) is 12.6. The van der Waals surface area contributed by atoms with Crippen LogP contribution in [0.1, 0.15) is 15.9 Å². The van der Waals surface area contributed by atoms with Gasteiger partial charge in [0.25, 0.3) is 0 Å². The number of imidazole rings is 1. The van der Waals surface area contributed by atoms with Crippen molar-refractivity contribution in [2.75, 3.05) is 0 Å². The maximum atomic E-state index is 12.2. The maximum Gasteiger partial charge on any atom is 0.343 e. The molecule has 0 atom stereocenters. The average molecular weight is 304 g/mol. The monoisotopic (exact) mass is 304 g/mol. The van der Waals surface area contributed by atoms with Crippen LogP contribution in [-0.2, 0) is 6.54 Å². The van der Waals surface area contributed by atoms with Crippen LogP contribution in [0.5, 0.6) is 5.75 Å². The van der Waals surface area contributed by atoms with Crippen molar-refractivity contribution < 1.29 is 9.53 Å². The predicted octanol–water partition coefficient (Wildman–Crippen LogP) is 3.82. The molecule has 2 aromatic carbocycles.